The van der Waals surface area contributed by atoms with E-state index in [1.807, 2.05) is 20.8 Å². The maximum Gasteiger partial charge on any atom is 0.308 e. The standard InChI is InChI=1S/C12H26O4.Hf/c1-5-8-14-11(4)12(13,15-9-6-2)16-10-7-3;/h11,13H,5-10H2,1-4H3;. The summed E-state index contributed by atoms with van der Waals surface area (Å²) in [5.74, 6) is -1.61. The number of hydrogen-bond donors (Lipinski definition) is 1. The predicted molar refractivity (Wildman–Crippen MR) is 63.1 cm³/mol. The first-order valence-corrected chi connectivity index (χ1v) is 6.22. The third-order valence-electron chi connectivity index (χ3n) is 2.11. The molecule has 0 aromatic carbocycles. The van der Waals surface area contributed by atoms with Gasteiger partial charge in [0.05, 0.1) is 13.2 Å². The second-order valence-corrected chi connectivity index (χ2v) is 3.84. The molecule has 0 bridgehead atoms. The maximum absolute atomic E-state index is 10.2. The van der Waals surface area contributed by atoms with Gasteiger partial charge in [0, 0.05) is 32.5 Å². The summed E-state index contributed by atoms with van der Waals surface area (Å²) in [4.78, 5) is 0. The van der Waals surface area contributed by atoms with Gasteiger partial charge in [0.1, 0.15) is 6.10 Å². The first-order valence-electron chi connectivity index (χ1n) is 6.22. The van der Waals surface area contributed by atoms with Gasteiger partial charge in [-0.15, -0.1) is 0 Å². The molecular formula is C12H26HfO4. The van der Waals surface area contributed by atoms with Gasteiger partial charge in [-0.1, -0.05) is 20.8 Å². The van der Waals surface area contributed by atoms with Crippen LogP contribution in [0.15, 0.2) is 0 Å². The molecule has 0 aliphatic carbocycles. The third kappa shape index (κ3) is 8.43. The SMILES string of the molecule is CCCOC(C)C(O)(OCCC)OCCC.[Hf]. The normalized spacial score (nSPS) is 13.2. The fourth-order valence-corrected chi connectivity index (χ4v) is 1.17. The Bertz CT molecular complexity index is 159. The molecule has 0 saturated carbocycles. The van der Waals surface area contributed by atoms with Gasteiger partial charge in [-0.05, 0) is 26.2 Å². The Morgan fingerprint density at radius 1 is 0.941 bits per heavy atom. The maximum atomic E-state index is 10.2. The van der Waals surface area contributed by atoms with Gasteiger partial charge in [0.2, 0.25) is 0 Å². The Balaban J connectivity index is 0. The van der Waals surface area contributed by atoms with Crippen LogP contribution < -0.4 is 0 Å². The summed E-state index contributed by atoms with van der Waals surface area (Å²) in [6.07, 6.45) is 2.09. The van der Waals surface area contributed by atoms with Gasteiger partial charge in [-0.25, -0.2) is 0 Å². The Morgan fingerprint density at radius 3 is 1.71 bits per heavy atom. The molecular weight excluding hydrogens is 387 g/mol. The van der Waals surface area contributed by atoms with E-state index < -0.39 is 12.1 Å². The smallest absolute Gasteiger partial charge is 0.308 e. The van der Waals surface area contributed by atoms with Gasteiger partial charge in [-0.2, -0.15) is 0 Å². The largest absolute Gasteiger partial charge is 0.370 e. The zero-order chi connectivity index (χ0) is 12.4. The van der Waals surface area contributed by atoms with E-state index in [1.54, 1.807) is 6.92 Å². The molecule has 4 nitrogen and oxygen atoms in total. The van der Waals surface area contributed by atoms with Crippen molar-refractivity contribution in [2.24, 2.45) is 0 Å². The first-order chi connectivity index (χ1) is 7.60. The van der Waals surface area contributed by atoms with Crippen molar-refractivity contribution < 1.29 is 45.2 Å². The Hall–Kier alpha value is 0.710. The summed E-state index contributed by atoms with van der Waals surface area (Å²) in [6, 6.07) is 0. The molecule has 5 heteroatoms. The Kier molecular flexibility index (Phi) is 13.9. The van der Waals surface area contributed by atoms with Crippen molar-refractivity contribution in [2.75, 3.05) is 19.8 Å². The van der Waals surface area contributed by atoms with Crippen LogP contribution in [0, 0.1) is 0 Å². The van der Waals surface area contributed by atoms with Crippen LogP contribution in [-0.4, -0.2) is 37.0 Å². The number of rotatable bonds is 10. The van der Waals surface area contributed by atoms with Crippen LogP contribution in [0.3, 0.4) is 0 Å². The monoisotopic (exact) mass is 414 g/mol. The van der Waals surface area contributed by atoms with Gasteiger partial charge < -0.3 is 19.3 Å². The average Bonchev–Trinajstić information content (AvgIpc) is 2.30. The molecule has 102 valence electrons. The second-order valence-electron chi connectivity index (χ2n) is 3.84. The van der Waals surface area contributed by atoms with Crippen molar-refractivity contribution in [2.45, 2.75) is 59.0 Å². The number of ether oxygens (including phenoxy) is 3. The molecule has 17 heavy (non-hydrogen) atoms. The minimum absolute atomic E-state index is 0. The minimum Gasteiger partial charge on any atom is -0.370 e. The van der Waals surface area contributed by atoms with Crippen LogP contribution in [0.4, 0.5) is 0 Å². The van der Waals surface area contributed by atoms with Crippen molar-refractivity contribution in [3.8, 4) is 0 Å². The zero-order valence-corrected chi connectivity index (χ0v) is 15.1. The molecule has 0 aromatic heterocycles. The average molecular weight is 413 g/mol. The summed E-state index contributed by atoms with van der Waals surface area (Å²) >= 11 is 0. The number of hydrogen-bond acceptors (Lipinski definition) is 4. The van der Waals surface area contributed by atoms with Crippen molar-refractivity contribution in [1.29, 1.82) is 0 Å². The van der Waals surface area contributed by atoms with E-state index in [9.17, 15) is 5.11 Å². The van der Waals surface area contributed by atoms with E-state index in [0.717, 1.165) is 19.3 Å². The summed E-state index contributed by atoms with van der Waals surface area (Å²) in [5.41, 5.74) is 0. The van der Waals surface area contributed by atoms with Gasteiger partial charge in [0.25, 0.3) is 0 Å². The molecule has 0 heterocycles. The minimum atomic E-state index is -1.61. The van der Waals surface area contributed by atoms with Crippen LogP contribution in [0.25, 0.3) is 0 Å². The summed E-state index contributed by atoms with van der Waals surface area (Å²) in [6.45, 7) is 9.26. The summed E-state index contributed by atoms with van der Waals surface area (Å²) in [7, 11) is 0. The molecule has 0 spiro atoms. The fraction of sp³-hybridized carbons (Fsp3) is 1.00. The van der Waals surface area contributed by atoms with Crippen LogP contribution in [0.1, 0.15) is 47.0 Å². The van der Waals surface area contributed by atoms with E-state index in [-0.39, 0.29) is 25.8 Å². The molecule has 0 aliphatic rings. The molecule has 1 N–H and O–H groups in total. The van der Waals surface area contributed by atoms with E-state index in [2.05, 4.69) is 0 Å². The molecule has 0 saturated heterocycles. The summed E-state index contributed by atoms with van der Waals surface area (Å²) < 4.78 is 16.1. The topological polar surface area (TPSA) is 47.9 Å². The van der Waals surface area contributed by atoms with Crippen molar-refractivity contribution in [1.82, 2.24) is 0 Å². The predicted octanol–water partition coefficient (Wildman–Crippen LogP) is 2.30. The van der Waals surface area contributed by atoms with Crippen molar-refractivity contribution in [3.63, 3.8) is 0 Å². The zero-order valence-electron chi connectivity index (χ0n) is 11.5. The Labute approximate surface area is 124 Å². The van der Waals surface area contributed by atoms with Crippen LogP contribution in [0.2, 0.25) is 0 Å². The third-order valence-corrected chi connectivity index (χ3v) is 2.11. The van der Waals surface area contributed by atoms with E-state index in [1.165, 1.54) is 0 Å². The van der Waals surface area contributed by atoms with Crippen LogP contribution >= 0.6 is 0 Å². The Morgan fingerprint density at radius 2 is 1.35 bits per heavy atom. The van der Waals surface area contributed by atoms with E-state index in [0.29, 0.717) is 19.8 Å². The number of aliphatic hydroxyl groups is 1. The molecule has 0 fully saturated rings. The molecule has 0 aromatic rings. The van der Waals surface area contributed by atoms with Crippen LogP contribution in [-0.2, 0) is 40.1 Å². The molecule has 0 rings (SSSR count). The molecule has 0 radical (unpaired) electrons. The summed E-state index contributed by atoms with van der Waals surface area (Å²) in [5, 5.41) is 10.2. The molecule has 0 amide bonds. The first kappa shape index (κ1) is 20.0. The van der Waals surface area contributed by atoms with Crippen molar-refractivity contribution >= 4 is 0 Å². The second kappa shape index (κ2) is 11.8. The fourth-order valence-electron chi connectivity index (χ4n) is 1.17. The van der Waals surface area contributed by atoms with E-state index in [4.69, 9.17) is 14.2 Å². The van der Waals surface area contributed by atoms with Gasteiger partial charge in [-0.3, -0.25) is 0 Å². The van der Waals surface area contributed by atoms with Crippen molar-refractivity contribution in [3.05, 3.63) is 0 Å². The molecule has 1 atom stereocenters. The molecule has 0 aliphatic heterocycles. The quantitative estimate of drug-likeness (QED) is 0.442. The van der Waals surface area contributed by atoms with E-state index >= 15 is 0 Å². The van der Waals surface area contributed by atoms with Gasteiger partial charge in [0.15, 0.2) is 0 Å². The van der Waals surface area contributed by atoms with Gasteiger partial charge >= 0.3 is 5.97 Å². The van der Waals surface area contributed by atoms with Crippen LogP contribution in [0.5, 0.6) is 0 Å². The molecule has 1 unspecified atom stereocenters.